The Balaban J connectivity index is 0.00000107. The molecule has 2 aromatic carbocycles. The highest BCUT2D eigenvalue weighted by Crippen LogP contribution is 2.28. The minimum absolute atomic E-state index is 0. The summed E-state index contributed by atoms with van der Waals surface area (Å²) >= 11 is 0. The lowest BCUT2D eigenvalue weighted by molar-refractivity contribution is -0.0651. The second-order valence-corrected chi connectivity index (χ2v) is 14.3. The van der Waals surface area contributed by atoms with Crippen LogP contribution in [0.4, 0.5) is 0 Å². The van der Waals surface area contributed by atoms with Gasteiger partial charge in [0.25, 0.3) is 11.1 Å². The van der Waals surface area contributed by atoms with Gasteiger partial charge >= 0.3 is 11.9 Å². The van der Waals surface area contributed by atoms with Gasteiger partial charge in [-0.2, -0.15) is 0 Å². The summed E-state index contributed by atoms with van der Waals surface area (Å²) in [4.78, 5) is 58.2. The van der Waals surface area contributed by atoms with Crippen LogP contribution in [0.3, 0.4) is 0 Å². The molecule has 58 heavy (non-hydrogen) atoms. The molecule has 3 N–H and O–H groups in total. The summed E-state index contributed by atoms with van der Waals surface area (Å²) in [7, 11) is 6.50. The molecule has 0 amide bonds. The van der Waals surface area contributed by atoms with Gasteiger partial charge in [0.05, 0.1) is 73.3 Å². The molecule has 0 bridgehead atoms. The number of methoxy groups -OCH3 is 2. The lowest BCUT2D eigenvalue weighted by Crippen LogP contribution is -2.42. The van der Waals surface area contributed by atoms with Crippen LogP contribution in [-0.4, -0.2) is 105 Å². The molecular formula is C38H57BN4O12P3. The van der Waals surface area contributed by atoms with Crippen molar-refractivity contribution in [3.05, 3.63) is 78.6 Å². The van der Waals surface area contributed by atoms with E-state index in [1.54, 1.807) is 19.1 Å². The Labute approximate surface area is 347 Å². The Morgan fingerprint density at radius 3 is 1.45 bits per heavy atom. The Kier molecular flexibility index (Phi) is 23.1. The number of rotatable bonds is 15. The number of fused-ring (bicyclic) bond motifs is 2. The SMILES string of the molecule is C.C.CC[C@@H](O)[C@@H](O)[C@@H](O)Cn1c(=O)c(C(=O)OC)nc2cc(C)c(C)cc21.CC[C@@H](OP)[C@@H](P=O)[C@H](Cn1c(=O)c(C(=O)OC)nc2cc(C)c(C)cc21)OP.[B]. The number of aliphatic hydroxyl groups excluding tert-OH is 3. The molecule has 0 saturated carbocycles. The molecule has 0 fully saturated rings. The Morgan fingerprint density at radius 1 is 0.707 bits per heavy atom. The van der Waals surface area contributed by atoms with Crippen LogP contribution in [0.5, 0.6) is 0 Å². The highest BCUT2D eigenvalue weighted by Gasteiger charge is 2.32. The summed E-state index contributed by atoms with van der Waals surface area (Å²) in [5.41, 5.74) is 3.06. The van der Waals surface area contributed by atoms with Gasteiger partial charge in [-0.05, 0) is 87.1 Å². The van der Waals surface area contributed by atoms with Gasteiger partial charge in [0.1, 0.15) is 12.2 Å². The Bertz CT molecular complexity index is 2150. The van der Waals surface area contributed by atoms with E-state index >= 15 is 0 Å². The summed E-state index contributed by atoms with van der Waals surface area (Å²) in [5.74, 6) is -1.70. The van der Waals surface area contributed by atoms with Crippen molar-refractivity contribution in [2.24, 2.45) is 0 Å². The Morgan fingerprint density at radius 2 is 1.10 bits per heavy atom. The first-order valence-corrected chi connectivity index (χ1v) is 19.1. The molecule has 3 radical (unpaired) electrons. The number of ether oxygens (including phenoxy) is 2. The van der Waals surface area contributed by atoms with Gasteiger partial charge in [-0.25, -0.2) is 19.6 Å². The molecule has 16 nitrogen and oxygen atoms in total. The molecule has 2 aromatic heterocycles. The molecule has 8 atom stereocenters. The van der Waals surface area contributed by atoms with Crippen LogP contribution in [0.15, 0.2) is 33.9 Å². The average molecular weight is 866 g/mol. The molecule has 319 valence electrons. The van der Waals surface area contributed by atoms with Crippen molar-refractivity contribution in [3.63, 3.8) is 0 Å². The molecule has 0 spiro atoms. The van der Waals surface area contributed by atoms with E-state index in [1.807, 2.05) is 46.8 Å². The lowest BCUT2D eigenvalue weighted by Gasteiger charge is -2.27. The van der Waals surface area contributed by atoms with E-state index in [2.05, 4.69) is 33.6 Å². The maximum Gasteiger partial charge on any atom is 0.362 e. The molecule has 20 heteroatoms. The summed E-state index contributed by atoms with van der Waals surface area (Å²) in [6, 6.07) is 7.12. The number of hydrogen-bond donors (Lipinski definition) is 3. The highest BCUT2D eigenvalue weighted by molar-refractivity contribution is 7.25. The highest BCUT2D eigenvalue weighted by atomic mass is 31.1. The number of aromatic nitrogens is 4. The largest absolute Gasteiger partial charge is 0.464 e. The van der Waals surface area contributed by atoms with Crippen LogP contribution < -0.4 is 11.1 Å². The molecule has 0 aliphatic rings. The fourth-order valence-electron chi connectivity index (χ4n) is 5.81. The van der Waals surface area contributed by atoms with Crippen molar-refractivity contribution in [2.75, 3.05) is 14.2 Å². The quantitative estimate of drug-likeness (QED) is 0.0858. The monoisotopic (exact) mass is 865 g/mol. The molecular weight excluding hydrogens is 808 g/mol. The van der Waals surface area contributed by atoms with Gasteiger partial charge in [-0.15, -0.1) is 0 Å². The first-order valence-electron chi connectivity index (χ1n) is 17.3. The number of hydrogen-bond acceptors (Lipinski definition) is 14. The maximum absolute atomic E-state index is 13.1. The third-order valence-electron chi connectivity index (χ3n) is 9.46. The van der Waals surface area contributed by atoms with Gasteiger partial charge in [-0.1, -0.05) is 28.7 Å². The predicted octanol–water partition coefficient (Wildman–Crippen LogP) is 4.40. The van der Waals surface area contributed by atoms with Gasteiger partial charge < -0.3 is 43.0 Å². The normalized spacial score (nSPS) is 14.0. The molecule has 0 aliphatic heterocycles. The van der Waals surface area contributed by atoms with Crippen LogP contribution in [0.2, 0.25) is 0 Å². The predicted molar refractivity (Wildman–Crippen MR) is 232 cm³/mol. The number of aryl methyl sites for hydroxylation is 4. The van der Waals surface area contributed by atoms with E-state index in [-0.39, 0.29) is 63.0 Å². The molecule has 0 aliphatic carbocycles. The average Bonchev–Trinajstić information content (AvgIpc) is 3.18. The van der Waals surface area contributed by atoms with E-state index in [4.69, 9.17) is 13.8 Å². The minimum Gasteiger partial charge on any atom is -0.464 e. The van der Waals surface area contributed by atoms with Crippen LogP contribution >= 0.6 is 27.4 Å². The zero-order chi connectivity index (χ0) is 41.3. The summed E-state index contributed by atoms with van der Waals surface area (Å²) < 4.78 is 34.7. The number of benzene rings is 2. The second kappa shape index (κ2) is 24.5. The van der Waals surface area contributed by atoms with Gasteiger partial charge in [0, 0.05) is 27.3 Å². The zero-order valence-electron chi connectivity index (χ0n) is 32.6. The Hall–Kier alpha value is -3.52. The van der Waals surface area contributed by atoms with Crippen molar-refractivity contribution < 1.29 is 48.0 Å². The summed E-state index contributed by atoms with van der Waals surface area (Å²) in [6.45, 7) is 10.9. The molecule has 4 rings (SSSR count). The van der Waals surface area contributed by atoms with Crippen molar-refractivity contribution >= 4 is 69.8 Å². The van der Waals surface area contributed by atoms with Gasteiger partial charge in [0.2, 0.25) is 11.4 Å². The van der Waals surface area contributed by atoms with Crippen LogP contribution in [0.1, 0.15) is 84.8 Å². The van der Waals surface area contributed by atoms with E-state index in [1.165, 1.54) is 16.2 Å². The number of carbonyl (C=O) groups excluding carboxylic acids is 2. The van der Waals surface area contributed by atoms with Crippen molar-refractivity contribution in [2.45, 2.75) is 119 Å². The first kappa shape index (κ1) is 54.5. The van der Waals surface area contributed by atoms with Crippen LogP contribution in [0, 0.1) is 27.7 Å². The third kappa shape index (κ3) is 12.3. The van der Waals surface area contributed by atoms with Crippen molar-refractivity contribution in [1.29, 1.82) is 0 Å². The number of aliphatic hydroxyl groups is 3. The third-order valence-corrected chi connectivity index (χ3v) is 11.1. The fraction of sp³-hybridized carbons (Fsp3) is 0.526. The van der Waals surface area contributed by atoms with E-state index in [0.717, 1.165) is 29.4 Å². The maximum atomic E-state index is 13.1. The standard InChI is InChI=1S/C18H25N2O6P3.C18H24N2O6.2CH4.B/c1-5-13(25-27)16(29-23)14(26-28)8-20-12-7-10(3)9(2)6-11(12)19-15(17(20)21)18(22)24-4;1-5-13(21)16(23)14(22)8-20-12-7-10(3)9(2)6-11(12)19-15(17(20)24)18(25)26-4;;;/h6-7,13-14,16H,5,8,27-28H2,1-4H3;6-7,13-14,16,21-23H,5,8H2,1-4H3;2*1H4;/t2*13-,14+,16-;;;/m11.../s1. The van der Waals surface area contributed by atoms with Crippen molar-refractivity contribution in [3.8, 4) is 0 Å². The summed E-state index contributed by atoms with van der Waals surface area (Å²) in [6.07, 6.45) is -4.11. The topological polar surface area (TPSA) is 219 Å². The molecule has 2 heterocycles. The smallest absolute Gasteiger partial charge is 0.362 e. The van der Waals surface area contributed by atoms with Crippen LogP contribution in [0.25, 0.3) is 22.1 Å². The molecule has 0 saturated heterocycles. The lowest BCUT2D eigenvalue weighted by atomic mass is 10.1. The first-order chi connectivity index (χ1) is 26.0. The van der Waals surface area contributed by atoms with Crippen molar-refractivity contribution in [1.82, 2.24) is 19.1 Å². The van der Waals surface area contributed by atoms with Gasteiger partial charge in [0.15, 0.2) is 8.46 Å². The number of carbonyl (C=O) groups is 2. The zero-order valence-corrected chi connectivity index (χ0v) is 35.8. The molecule has 2 unspecified atom stereocenters. The van der Waals surface area contributed by atoms with E-state index in [9.17, 15) is 39.1 Å². The minimum atomic E-state index is -1.43. The molecule has 4 aromatic rings. The number of nitrogens with zero attached hydrogens (tertiary/aromatic N) is 4. The fourth-order valence-corrected chi connectivity index (χ4v) is 7.41. The van der Waals surface area contributed by atoms with Crippen LogP contribution in [-0.2, 0) is 36.2 Å². The van der Waals surface area contributed by atoms with E-state index < -0.39 is 58.8 Å². The number of esters is 2. The summed E-state index contributed by atoms with van der Waals surface area (Å²) in [5, 5.41) is 30.0. The second-order valence-electron chi connectivity index (χ2n) is 13.0. The van der Waals surface area contributed by atoms with E-state index in [0.29, 0.717) is 28.5 Å². The van der Waals surface area contributed by atoms with Gasteiger partial charge in [-0.3, -0.25) is 14.2 Å².